The van der Waals surface area contributed by atoms with E-state index in [4.69, 9.17) is 14.2 Å². The Morgan fingerprint density at radius 1 is 0.929 bits per heavy atom. The molecule has 28 heavy (non-hydrogen) atoms. The Morgan fingerprint density at radius 3 is 2.54 bits per heavy atom. The number of hydrogen-bond donors (Lipinski definition) is 1. The normalized spacial score (nSPS) is 12.5. The van der Waals surface area contributed by atoms with E-state index in [1.165, 1.54) is 12.1 Å². The minimum atomic E-state index is -0.253. The Morgan fingerprint density at radius 2 is 1.71 bits per heavy atom. The van der Waals surface area contributed by atoms with Crippen LogP contribution in [-0.2, 0) is 13.2 Å². The lowest BCUT2D eigenvalue weighted by atomic mass is 10.2. The van der Waals surface area contributed by atoms with Gasteiger partial charge in [-0.3, -0.25) is 0 Å². The Balaban J connectivity index is 1.45. The molecule has 0 amide bonds. The molecule has 0 unspecified atom stereocenters. The minimum Gasteiger partial charge on any atom is -0.489 e. The topological polar surface area (TPSA) is 39.7 Å². The predicted octanol–water partition coefficient (Wildman–Crippen LogP) is 5.55. The molecular formula is C22H19BrFNO3. The molecule has 4 rings (SSSR count). The van der Waals surface area contributed by atoms with Gasteiger partial charge in [0.05, 0.1) is 0 Å². The number of nitrogens with one attached hydrogen (secondary N) is 1. The molecule has 0 aromatic heterocycles. The molecule has 144 valence electrons. The molecule has 6 heteroatoms. The van der Waals surface area contributed by atoms with Gasteiger partial charge in [0.2, 0.25) is 0 Å². The highest BCUT2D eigenvalue weighted by molar-refractivity contribution is 9.10. The minimum absolute atomic E-state index is 0.253. The summed E-state index contributed by atoms with van der Waals surface area (Å²) >= 11 is 3.51. The van der Waals surface area contributed by atoms with Crippen molar-refractivity contribution in [1.82, 2.24) is 0 Å². The van der Waals surface area contributed by atoms with Crippen LogP contribution in [0.2, 0.25) is 0 Å². The number of halogens is 2. The summed E-state index contributed by atoms with van der Waals surface area (Å²) in [4.78, 5) is 0. The zero-order valence-corrected chi connectivity index (χ0v) is 16.7. The predicted molar refractivity (Wildman–Crippen MR) is 110 cm³/mol. The fourth-order valence-corrected chi connectivity index (χ4v) is 3.33. The summed E-state index contributed by atoms with van der Waals surface area (Å²) in [6.07, 6.45) is 0. The molecule has 0 saturated heterocycles. The summed E-state index contributed by atoms with van der Waals surface area (Å²) in [5.41, 5.74) is 2.86. The van der Waals surface area contributed by atoms with Crippen molar-refractivity contribution in [2.24, 2.45) is 0 Å². The third-order valence-corrected chi connectivity index (χ3v) is 4.85. The largest absolute Gasteiger partial charge is 0.489 e. The SMILES string of the molecule is Fc1ccc(COc2ccc(Br)cc2CNc2ccc3c(c2)OCCO3)cc1. The van der Waals surface area contributed by atoms with Gasteiger partial charge in [0.1, 0.15) is 31.4 Å². The first-order valence-corrected chi connectivity index (χ1v) is 9.76. The van der Waals surface area contributed by atoms with Crippen molar-refractivity contribution in [1.29, 1.82) is 0 Å². The number of hydrogen-bond acceptors (Lipinski definition) is 4. The number of rotatable bonds is 6. The lowest BCUT2D eigenvalue weighted by Crippen LogP contribution is -2.15. The molecule has 0 bridgehead atoms. The number of ether oxygens (including phenoxy) is 3. The van der Waals surface area contributed by atoms with E-state index in [-0.39, 0.29) is 5.82 Å². The number of fused-ring (bicyclic) bond motifs is 1. The van der Waals surface area contributed by atoms with E-state index in [1.807, 2.05) is 36.4 Å². The Bertz CT molecular complexity index is 962. The summed E-state index contributed by atoms with van der Waals surface area (Å²) in [6, 6.07) is 18.0. The lowest BCUT2D eigenvalue weighted by Gasteiger charge is -2.19. The van der Waals surface area contributed by atoms with Gasteiger partial charge in [-0.25, -0.2) is 4.39 Å². The second-order valence-corrected chi connectivity index (χ2v) is 7.29. The van der Waals surface area contributed by atoms with E-state index < -0.39 is 0 Å². The van der Waals surface area contributed by atoms with Crippen molar-refractivity contribution in [3.63, 3.8) is 0 Å². The van der Waals surface area contributed by atoms with E-state index in [0.717, 1.165) is 38.5 Å². The van der Waals surface area contributed by atoms with E-state index in [0.29, 0.717) is 26.4 Å². The van der Waals surface area contributed by atoms with Crippen molar-refractivity contribution in [2.45, 2.75) is 13.2 Å². The third-order valence-electron chi connectivity index (χ3n) is 4.36. The average molecular weight is 444 g/mol. The molecule has 0 radical (unpaired) electrons. The highest BCUT2D eigenvalue weighted by Gasteiger charge is 2.12. The Labute approximate surface area is 171 Å². The summed E-state index contributed by atoms with van der Waals surface area (Å²) in [5, 5.41) is 3.40. The van der Waals surface area contributed by atoms with Crippen LogP contribution < -0.4 is 19.5 Å². The van der Waals surface area contributed by atoms with Crippen molar-refractivity contribution in [2.75, 3.05) is 18.5 Å². The zero-order chi connectivity index (χ0) is 19.3. The van der Waals surface area contributed by atoms with Crippen LogP contribution in [0.15, 0.2) is 65.1 Å². The van der Waals surface area contributed by atoms with Crippen LogP contribution in [0.5, 0.6) is 17.2 Å². The van der Waals surface area contributed by atoms with Gasteiger partial charge in [-0.05, 0) is 48.0 Å². The van der Waals surface area contributed by atoms with Crippen LogP contribution >= 0.6 is 15.9 Å². The fraction of sp³-hybridized carbons (Fsp3) is 0.182. The van der Waals surface area contributed by atoms with Crippen molar-refractivity contribution in [3.8, 4) is 17.2 Å². The van der Waals surface area contributed by atoms with Gasteiger partial charge in [-0.2, -0.15) is 0 Å². The highest BCUT2D eigenvalue weighted by Crippen LogP contribution is 2.33. The highest BCUT2D eigenvalue weighted by atomic mass is 79.9. The maximum atomic E-state index is 13.1. The van der Waals surface area contributed by atoms with Crippen molar-refractivity contribution < 1.29 is 18.6 Å². The van der Waals surface area contributed by atoms with Gasteiger partial charge < -0.3 is 19.5 Å². The van der Waals surface area contributed by atoms with Crippen LogP contribution in [0.4, 0.5) is 10.1 Å². The molecule has 3 aromatic rings. The number of anilines is 1. The second kappa shape index (κ2) is 8.52. The van der Waals surface area contributed by atoms with Crippen molar-refractivity contribution in [3.05, 3.63) is 82.1 Å². The molecule has 3 aromatic carbocycles. The summed E-state index contributed by atoms with van der Waals surface area (Å²) in [6.45, 7) is 2.09. The average Bonchev–Trinajstić information content (AvgIpc) is 2.72. The van der Waals surface area contributed by atoms with Gasteiger partial charge in [-0.15, -0.1) is 0 Å². The van der Waals surface area contributed by atoms with E-state index in [1.54, 1.807) is 12.1 Å². The second-order valence-electron chi connectivity index (χ2n) is 6.38. The first kappa shape index (κ1) is 18.6. The van der Waals surface area contributed by atoms with Crippen molar-refractivity contribution >= 4 is 21.6 Å². The van der Waals surface area contributed by atoms with Gasteiger partial charge in [0.25, 0.3) is 0 Å². The standard InChI is InChI=1S/C22H19BrFNO3/c23-17-3-7-20(28-14-15-1-4-18(24)5-2-15)16(11-17)13-25-19-6-8-21-22(12-19)27-10-9-26-21/h1-8,11-12,25H,9-10,13-14H2. The molecule has 1 aliphatic heterocycles. The molecule has 1 heterocycles. The Hall–Kier alpha value is -2.73. The number of benzene rings is 3. The molecule has 0 aliphatic carbocycles. The van der Waals surface area contributed by atoms with E-state index in [2.05, 4.69) is 21.2 Å². The fourth-order valence-electron chi connectivity index (χ4n) is 2.92. The van der Waals surface area contributed by atoms with Crippen LogP contribution in [0.1, 0.15) is 11.1 Å². The van der Waals surface area contributed by atoms with Crippen LogP contribution in [0.3, 0.4) is 0 Å². The Kier molecular flexibility index (Phi) is 5.67. The maximum absolute atomic E-state index is 13.1. The van der Waals surface area contributed by atoms with Gasteiger partial charge >= 0.3 is 0 Å². The van der Waals surface area contributed by atoms with E-state index in [9.17, 15) is 4.39 Å². The van der Waals surface area contributed by atoms with E-state index >= 15 is 0 Å². The third kappa shape index (κ3) is 4.57. The van der Waals surface area contributed by atoms with Gasteiger partial charge in [-0.1, -0.05) is 28.1 Å². The quantitative estimate of drug-likeness (QED) is 0.541. The molecule has 0 saturated carbocycles. The summed E-state index contributed by atoms with van der Waals surface area (Å²) in [7, 11) is 0. The van der Waals surface area contributed by atoms with Crippen LogP contribution in [-0.4, -0.2) is 13.2 Å². The molecule has 0 spiro atoms. The summed E-state index contributed by atoms with van der Waals surface area (Å²) in [5.74, 6) is 2.04. The van der Waals surface area contributed by atoms with Crippen LogP contribution in [0, 0.1) is 5.82 Å². The smallest absolute Gasteiger partial charge is 0.163 e. The molecule has 4 nitrogen and oxygen atoms in total. The molecule has 1 aliphatic rings. The molecule has 0 fully saturated rings. The molecule has 1 N–H and O–H groups in total. The summed E-state index contributed by atoms with van der Waals surface area (Å²) < 4.78 is 31.2. The monoisotopic (exact) mass is 443 g/mol. The van der Waals surface area contributed by atoms with Crippen LogP contribution in [0.25, 0.3) is 0 Å². The maximum Gasteiger partial charge on any atom is 0.163 e. The van der Waals surface area contributed by atoms with Gasteiger partial charge in [0.15, 0.2) is 11.5 Å². The lowest BCUT2D eigenvalue weighted by molar-refractivity contribution is 0.171. The molecular weight excluding hydrogens is 425 g/mol. The molecule has 0 atom stereocenters. The first-order valence-electron chi connectivity index (χ1n) is 8.96. The van der Waals surface area contributed by atoms with Gasteiger partial charge in [0, 0.05) is 28.3 Å². The zero-order valence-electron chi connectivity index (χ0n) is 15.1. The first-order chi connectivity index (χ1) is 13.7.